The van der Waals surface area contributed by atoms with Crippen LogP contribution in [0.3, 0.4) is 0 Å². The summed E-state index contributed by atoms with van der Waals surface area (Å²) in [6.45, 7) is 6.54. The van der Waals surface area contributed by atoms with E-state index in [4.69, 9.17) is 11.6 Å². The number of para-hydroxylation sites is 1. The van der Waals surface area contributed by atoms with Crippen LogP contribution >= 0.6 is 11.6 Å². The van der Waals surface area contributed by atoms with Crippen molar-refractivity contribution in [2.24, 2.45) is 0 Å². The molecule has 0 atom stereocenters. The summed E-state index contributed by atoms with van der Waals surface area (Å²) < 4.78 is 0. The van der Waals surface area contributed by atoms with Crippen LogP contribution in [0.25, 0.3) is 10.9 Å². The highest BCUT2D eigenvalue weighted by Gasteiger charge is 2.15. The van der Waals surface area contributed by atoms with Crippen molar-refractivity contribution in [3.63, 3.8) is 0 Å². The number of hydrogen-bond acceptors (Lipinski definition) is 3. The number of halogens is 1. The maximum Gasteiger partial charge on any atom is 0.0746 e. The van der Waals surface area contributed by atoms with Gasteiger partial charge in [-0.2, -0.15) is 0 Å². The van der Waals surface area contributed by atoms with E-state index in [1.54, 1.807) is 0 Å². The largest absolute Gasteiger partial charge is 0.301 e. The van der Waals surface area contributed by atoms with Crippen LogP contribution in [-0.2, 0) is 6.54 Å². The van der Waals surface area contributed by atoms with Crippen molar-refractivity contribution < 1.29 is 0 Å². The molecule has 112 valence electrons. The Morgan fingerprint density at radius 2 is 1.81 bits per heavy atom. The minimum Gasteiger partial charge on any atom is -0.301 e. The van der Waals surface area contributed by atoms with Gasteiger partial charge in [0.2, 0.25) is 0 Å². The van der Waals surface area contributed by atoms with Gasteiger partial charge in [-0.1, -0.05) is 24.3 Å². The second-order valence-corrected chi connectivity index (χ2v) is 6.03. The predicted molar refractivity (Wildman–Crippen MR) is 88.8 cm³/mol. The van der Waals surface area contributed by atoms with Gasteiger partial charge in [0, 0.05) is 43.6 Å². The lowest BCUT2D eigenvalue weighted by atomic mass is 10.1. The van der Waals surface area contributed by atoms with Gasteiger partial charge in [0.15, 0.2) is 0 Å². The molecule has 3 nitrogen and oxygen atoms in total. The minimum absolute atomic E-state index is 0.729. The molecule has 2 aromatic rings. The van der Waals surface area contributed by atoms with E-state index in [1.807, 2.05) is 12.3 Å². The Balaban J connectivity index is 1.70. The number of alkyl halides is 1. The molecule has 0 bridgehead atoms. The van der Waals surface area contributed by atoms with Gasteiger partial charge in [-0.05, 0) is 31.1 Å². The Bertz CT molecular complexity index is 582. The van der Waals surface area contributed by atoms with Gasteiger partial charge < -0.3 is 4.90 Å². The highest BCUT2D eigenvalue weighted by atomic mass is 35.5. The molecule has 3 rings (SSSR count). The van der Waals surface area contributed by atoms with Crippen molar-refractivity contribution in [1.29, 1.82) is 0 Å². The molecule has 21 heavy (non-hydrogen) atoms. The summed E-state index contributed by atoms with van der Waals surface area (Å²) in [5.74, 6) is 0.729. The quantitative estimate of drug-likeness (QED) is 0.810. The SMILES string of the molecule is ClCCN1CCCN(Cc2cccc3cccnc23)CC1. The molecular weight excluding hydrogens is 282 g/mol. The smallest absolute Gasteiger partial charge is 0.0746 e. The first-order valence-electron chi connectivity index (χ1n) is 7.70. The number of benzene rings is 1. The average molecular weight is 304 g/mol. The van der Waals surface area contributed by atoms with Gasteiger partial charge >= 0.3 is 0 Å². The number of rotatable bonds is 4. The summed E-state index contributed by atoms with van der Waals surface area (Å²) in [6.07, 6.45) is 3.10. The number of nitrogens with zero attached hydrogens (tertiary/aromatic N) is 3. The summed E-state index contributed by atoms with van der Waals surface area (Å²) in [4.78, 5) is 9.57. The van der Waals surface area contributed by atoms with E-state index < -0.39 is 0 Å². The summed E-state index contributed by atoms with van der Waals surface area (Å²) in [6, 6.07) is 10.6. The summed E-state index contributed by atoms with van der Waals surface area (Å²) in [7, 11) is 0. The molecule has 0 aliphatic carbocycles. The highest BCUT2D eigenvalue weighted by molar-refractivity contribution is 6.18. The molecule has 0 saturated carbocycles. The van der Waals surface area contributed by atoms with Crippen molar-refractivity contribution in [1.82, 2.24) is 14.8 Å². The molecule has 1 fully saturated rings. The van der Waals surface area contributed by atoms with E-state index >= 15 is 0 Å². The summed E-state index contributed by atoms with van der Waals surface area (Å²) in [5.41, 5.74) is 2.47. The van der Waals surface area contributed by atoms with Crippen molar-refractivity contribution in [2.45, 2.75) is 13.0 Å². The highest BCUT2D eigenvalue weighted by Crippen LogP contribution is 2.18. The van der Waals surface area contributed by atoms with Crippen molar-refractivity contribution in [3.05, 3.63) is 42.1 Å². The van der Waals surface area contributed by atoms with Gasteiger partial charge in [-0.15, -0.1) is 11.6 Å². The van der Waals surface area contributed by atoms with E-state index in [1.165, 1.54) is 17.4 Å². The Morgan fingerprint density at radius 3 is 2.71 bits per heavy atom. The zero-order valence-electron chi connectivity index (χ0n) is 12.3. The fourth-order valence-electron chi connectivity index (χ4n) is 3.06. The van der Waals surface area contributed by atoms with Crippen LogP contribution in [0.5, 0.6) is 0 Å². The van der Waals surface area contributed by atoms with Gasteiger partial charge in [0.05, 0.1) is 5.52 Å². The fourth-order valence-corrected chi connectivity index (χ4v) is 3.30. The molecule has 0 unspecified atom stereocenters. The monoisotopic (exact) mass is 303 g/mol. The fraction of sp³-hybridized carbons (Fsp3) is 0.471. The first kappa shape index (κ1) is 14.8. The molecular formula is C17H22ClN3. The maximum absolute atomic E-state index is 5.86. The van der Waals surface area contributed by atoms with E-state index in [-0.39, 0.29) is 0 Å². The molecule has 1 saturated heterocycles. The topological polar surface area (TPSA) is 19.4 Å². The Hall–Kier alpha value is -1.16. The number of aromatic nitrogens is 1. The first-order valence-corrected chi connectivity index (χ1v) is 8.23. The third-order valence-corrected chi connectivity index (χ3v) is 4.36. The minimum atomic E-state index is 0.729. The molecule has 0 radical (unpaired) electrons. The van der Waals surface area contributed by atoms with Crippen LogP contribution in [0, 0.1) is 0 Å². The van der Waals surface area contributed by atoms with E-state index in [9.17, 15) is 0 Å². The number of hydrogen-bond donors (Lipinski definition) is 0. The molecule has 0 N–H and O–H groups in total. The average Bonchev–Trinajstić information content (AvgIpc) is 2.74. The van der Waals surface area contributed by atoms with Crippen LogP contribution in [0.15, 0.2) is 36.5 Å². The zero-order valence-corrected chi connectivity index (χ0v) is 13.1. The van der Waals surface area contributed by atoms with Crippen molar-refractivity contribution in [3.8, 4) is 0 Å². The van der Waals surface area contributed by atoms with E-state index in [0.29, 0.717) is 0 Å². The lowest BCUT2D eigenvalue weighted by Crippen LogP contribution is -2.31. The maximum atomic E-state index is 5.86. The molecule has 0 spiro atoms. The predicted octanol–water partition coefficient (Wildman–Crippen LogP) is 2.98. The number of fused-ring (bicyclic) bond motifs is 1. The van der Waals surface area contributed by atoms with E-state index in [0.717, 1.165) is 50.7 Å². The van der Waals surface area contributed by atoms with Gasteiger partial charge in [0.1, 0.15) is 0 Å². The summed E-state index contributed by atoms with van der Waals surface area (Å²) >= 11 is 5.86. The van der Waals surface area contributed by atoms with Crippen LogP contribution < -0.4 is 0 Å². The summed E-state index contributed by atoms with van der Waals surface area (Å²) in [5, 5.41) is 1.23. The Morgan fingerprint density at radius 1 is 1.00 bits per heavy atom. The van der Waals surface area contributed by atoms with E-state index in [2.05, 4.69) is 39.0 Å². The molecule has 1 aromatic carbocycles. The lowest BCUT2D eigenvalue weighted by molar-refractivity contribution is 0.258. The Labute approximate surface area is 131 Å². The van der Waals surface area contributed by atoms with Crippen LogP contribution in [-0.4, -0.2) is 53.4 Å². The van der Waals surface area contributed by atoms with Gasteiger partial charge in [-0.25, -0.2) is 0 Å². The molecule has 2 heterocycles. The standard InChI is InChI=1S/C17H22ClN3/c18-7-11-20-9-3-10-21(13-12-20)14-16-5-1-4-15-6-2-8-19-17(15)16/h1-2,4-6,8H,3,7,9-14H2. The third-order valence-electron chi connectivity index (χ3n) is 4.19. The second-order valence-electron chi connectivity index (χ2n) is 5.65. The Kier molecular flexibility index (Phi) is 5.07. The molecule has 1 aliphatic heterocycles. The number of pyridine rings is 1. The van der Waals surface area contributed by atoms with Crippen molar-refractivity contribution >= 4 is 22.5 Å². The molecule has 1 aliphatic rings. The van der Waals surface area contributed by atoms with Gasteiger partial charge in [-0.3, -0.25) is 9.88 Å². The first-order chi connectivity index (χ1) is 10.4. The van der Waals surface area contributed by atoms with Crippen LogP contribution in [0.2, 0.25) is 0 Å². The normalized spacial score (nSPS) is 18.0. The van der Waals surface area contributed by atoms with Crippen molar-refractivity contribution in [2.75, 3.05) is 38.6 Å². The second kappa shape index (κ2) is 7.21. The zero-order chi connectivity index (χ0) is 14.5. The van der Waals surface area contributed by atoms with Crippen LogP contribution in [0.1, 0.15) is 12.0 Å². The molecule has 4 heteroatoms. The third kappa shape index (κ3) is 3.73. The lowest BCUT2D eigenvalue weighted by Gasteiger charge is -2.21. The molecule has 0 amide bonds. The van der Waals surface area contributed by atoms with Gasteiger partial charge in [0.25, 0.3) is 0 Å². The molecule has 1 aromatic heterocycles. The van der Waals surface area contributed by atoms with Crippen LogP contribution in [0.4, 0.5) is 0 Å².